The molecule has 5 nitrogen and oxygen atoms in total. The molecule has 2 aromatic rings. The number of nitrogens with zero attached hydrogens (tertiary/aromatic N) is 3. The van der Waals surface area contributed by atoms with Crippen LogP contribution in [0.3, 0.4) is 0 Å². The Balaban J connectivity index is 2.25. The van der Waals surface area contributed by atoms with Gasteiger partial charge in [0.25, 0.3) is 5.91 Å². The summed E-state index contributed by atoms with van der Waals surface area (Å²) < 4.78 is 38.5. The molecule has 8 heteroatoms. The van der Waals surface area contributed by atoms with Gasteiger partial charge in [0.2, 0.25) is 5.95 Å². The molecule has 0 radical (unpaired) electrons. The summed E-state index contributed by atoms with van der Waals surface area (Å²) in [5.41, 5.74) is -0.390. The first kappa shape index (κ1) is 12.0. The second-order valence-electron chi connectivity index (χ2n) is 3.17. The number of benzene rings is 1. The highest BCUT2D eigenvalue weighted by atomic mass is 19.2. The number of hydrogen-bond donors (Lipinski definition) is 1. The Kier molecular flexibility index (Phi) is 3.18. The number of halogens is 3. The predicted octanol–water partition coefficient (Wildman–Crippen LogP) is 1.54. The average molecular weight is 254 g/mol. The topological polar surface area (TPSA) is 67.8 Å². The van der Waals surface area contributed by atoms with Crippen LogP contribution in [0.2, 0.25) is 0 Å². The molecule has 0 aliphatic carbocycles. The van der Waals surface area contributed by atoms with Crippen molar-refractivity contribution in [3.63, 3.8) is 0 Å². The Bertz CT molecular complexity index is 568. The summed E-state index contributed by atoms with van der Waals surface area (Å²) in [4.78, 5) is 15.2. The number of carbonyl (C=O) groups excluding carboxylic acids is 1. The van der Waals surface area contributed by atoms with E-state index in [4.69, 9.17) is 0 Å². The summed E-state index contributed by atoms with van der Waals surface area (Å²) in [6, 6.07) is 1.15. The zero-order valence-corrected chi connectivity index (χ0v) is 8.69. The molecule has 0 spiro atoms. The third kappa shape index (κ3) is 2.42. The second kappa shape index (κ2) is 4.78. The van der Waals surface area contributed by atoms with Crippen molar-refractivity contribution in [1.29, 1.82) is 0 Å². The molecule has 1 amide bonds. The van der Waals surface area contributed by atoms with Gasteiger partial charge in [0.15, 0.2) is 17.5 Å². The number of carbonyl (C=O) groups is 1. The Morgan fingerprint density at radius 3 is 2.33 bits per heavy atom. The molecule has 0 aliphatic rings. The molecule has 1 aromatic heterocycles. The largest absolute Gasteiger partial charge is 0.289 e. The van der Waals surface area contributed by atoms with Crippen LogP contribution in [-0.4, -0.2) is 21.1 Å². The first-order valence-corrected chi connectivity index (χ1v) is 4.67. The standard InChI is InChI=1S/C10H5F3N4O/c11-6-3-5(4-7(12)8(6)13)9(18)16-10-14-1-2-15-17-10/h1-4H,(H,14,16,17,18). The third-order valence-corrected chi connectivity index (χ3v) is 1.95. The van der Waals surface area contributed by atoms with E-state index in [0.29, 0.717) is 12.1 Å². The monoisotopic (exact) mass is 254 g/mol. The Morgan fingerprint density at radius 1 is 1.11 bits per heavy atom. The maximum atomic E-state index is 12.9. The second-order valence-corrected chi connectivity index (χ2v) is 3.17. The smallest absolute Gasteiger partial charge is 0.258 e. The van der Waals surface area contributed by atoms with Crippen LogP contribution in [-0.2, 0) is 0 Å². The lowest BCUT2D eigenvalue weighted by Crippen LogP contribution is -2.15. The van der Waals surface area contributed by atoms with E-state index in [0.717, 1.165) is 0 Å². The summed E-state index contributed by atoms with van der Waals surface area (Å²) in [7, 11) is 0. The number of nitrogens with one attached hydrogen (secondary N) is 1. The molecule has 1 aromatic carbocycles. The Labute approximate surface area is 98.7 Å². The van der Waals surface area contributed by atoms with E-state index in [1.807, 2.05) is 0 Å². The number of amides is 1. The Hall–Kier alpha value is -2.51. The summed E-state index contributed by atoms with van der Waals surface area (Å²) in [5, 5.41) is 9.05. The van der Waals surface area contributed by atoms with Crippen LogP contribution >= 0.6 is 0 Å². The first-order valence-electron chi connectivity index (χ1n) is 4.67. The van der Waals surface area contributed by atoms with E-state index in [1.54, 1.807) is 0 Å². The fourth-order valence-corrected chi connectivity index (χ4v) is 1.17. The maximum Gasteiger partial charge on any atom is 0.258 e. The van der Waals surface area contributed by atoms with E-state index in [-0.39, 0.29) is 11.5 Å². The normalized spacial score (nSPS) is 10.2. The molecule has 2 rings (SSSR count). The van der Waals surface area contributed by atoms with Gasteiger partial charge < -0.3 is 0 Å². The van der Waals surface area contributed by atoms with Crippen molar-refractivity contribution < 1.29 is 18.0 Å². The molecule has 1 N–H and O–H groups in total. The van der Waals surface area contributed by atoms with Gasteiger partial charge in [0.05, 0.1) is 12.4 Å². The summed E-state index contributed by atoms with van der Waals surface area (Å²) in [6.07, 6.45) is 2.56. The molecule has 0 saturated heterocycles. The van der Waals surface area contributed by atoms with Gasteiger partial charge in [-0.1, -0.05) is 0 Å². The molecule has 0 saturated carbocycles. The summed E-state index contributed by atoms with van der Waals surface area (Å²) in [5.74, 6) is -5.54. The lowest BCUT2D eigenvalue weighted by Gasteiger charge is -2.03. The van der Waals surface area contributed by atoms with Gasteiger partial charge in [-0.15, -0.1) is 5.10 Å². The minimum Gasteiger partial charge on any atom is -0.289 e. The van der Waals surface area contributed by atoms with E-state index in [9.17, 15) is 18.0 Å². The lowest BCUT2D eigenvalue weighted by atomic mass is 10.2. The average Bonchev–Trinajstić information content (AvgIpc) is 2.36. The van der Waals surface area contributed by atoms with Gasteiger partial charge in [-0.25, -0.2) is 18.2 Å². The van der Waals surface area contributed by atoms with Crippen LogP contribution in [0.4, 0.5) is 19.1 Å². The highest BCUT2D eigenvalue weighted by Crippen LogP contribution is 2.14. The maximum absolute atomic E-state index is 12.9. The predicted molar refractivity (Wildman–Crippen MR) is 54.1 cm³/mol. The molecular formula is C10H5F3N4O. The molecule has 18 heavy (non-hydrogen) atoms. The van der Waals surface area contributed by atoms with E-state index < -0.39 is 23.4 Å². The van der Waals surface area contributed by atoms with Crippen LogP contribution in [0.5, 0.6) is 0 Å². The van der Waals surface area contributed by atoms with Crippen molar-refractivity contribution in [3.05, 3.63) is 47.5 Å². The highest BCUT2D eigenvalue weighted by molar-refractivity contribution is 6.03. The highest BCUT2D eigenvalue weighted by Gasteiger charge is 2.15. The van der Waals surface area contributed by atoms with Crippen LogP contribution in [0.25, 0.3) is 0 Å². The van der Waals surface area contributed by atoms with Gasteiger partial charge in [-0.3, -0.25) is 10.1 Å². The van der Waals surface area contributed by atoms with Gasteiger partial charge in [-0.2, -0.15) is 5.10 Å². The molecule has 0 fully saturated rings. The van der Waals surface area contributed by atoms with E-state index in [2.05, 4.69) is 20.5 Å². The fraction of sp³-hybridized carbons (Fsp3) is 0. The number of anilines is 1. The summed E-state index contributed by atoms with van der Waals surface area (Å²) >= 11 is 0. The molecule has 0 atom stereocenters. The minimum atomic E-state index is -1.64. The van der Waals surface area contributed by atoms with E-state index >= 15 is 0 Å². The molecule has 92 valence electrons. The van der Waals surface area contributed by atoms with Crippen molar-refractivity contribution in [3.8, 4) is 0 Å². The van der Waals surface area contributed by atoms with Crippen LogP contribution in [0.1, 0.15) is 10.4 Å². The van der Waals surface area contributed by atoms with Crippen molar-refractivity contribution >= 4 is 11.9 Å². The minimum absolute atomic E-state index is 0.132. The molecule has 1 heterocycles. The summed E-state index contributed by atoms with van der Waals surface area (Å²) in [6.45, 7) is 0. The van der Waals surface area contributed by atoms with Crippen molar-refractivity contribution in [2.24, 2.45) is 0 Å². The van der Waals surface area contributed by atoms with Crippen LogP contribution in [0.15, 0.2) is 24.5 Å². The molecule has 0 aliphatic heterocycles. The Morgan fingerprint density at radius 2 is 1.78 bits per heavy atom. The SMILES string of the molecule is O=C(Nc1nccnn1)c1cc(F)c(F)c(F)c1. The molecular weight excluding hydrogens is 249 g/mol. The molecule has 0 unspecified atom stereocenters. The third-order valence-electron chi connectivity index (χ3n) is 1.95. The van der Waals surface area contributed by atoms with Crippen LogP contribution < -0.4 is 5.32 Å². The molecule has 0 bridgehead atoms. The fourth-order valence-electron chi connectivity index (χ4n) is 1.17. The van der Waals surface area contributed by atoms with Crippen molar-refractivity contribution in [2.75, 3.05) is 5.32 Å². The van der Waals surface area contributed by atoms with Crippen LogP contribution in [0, 0.1) is 17.5 Å². The van der Waals surface area contributed by atoms with Crippen molar-refractivity contribution in [1.82, 2.24) is 15.2 Å². The number of rotatable bonds is 2. The van der Waals surface area contributed by atoms with Gasteiger partial charge in [-0.05, 0) is 12.1 Å². The number of aromatic nitrogens is 3. The van der Waals surface area contributed by atoms with Crippen molar-refractivity contribution in [2.45, 2.75) is 0 Å². The zero-order valence-electron chi connectivity index (χ0n) is 8.69. The first-order chi connectivity index (χ1) is 8.58. The van der Waals surface area contributed by atoms with Gasteiger partial charge in [0, 0.05) is 5.56 Å². The van der Waals surface area contributed by atoms with Gasteiger partial charge >= 0.3 is 0 Å². The quantitative estimate of drug-likeness (QED) is 0.825. The zero-order chi connectivity index (χ0) is 13.1. The lowest BCUT2D eigenvalue weighted by molar-refractivity contribution is 0.102. The number of hydrogen-bond acceptors (Lipinski definition) is 4. The van der Waals surface area contributed by atoms with E-state index in [1.165, 1.54) is 12.4 Å². The van der Waals surface area contributed by atoms with Gasteiger partial charge in [0.1, 0.15) is 0 Å².